The topological polar surface area (TPSA) is 89.0 Å². The van der Waals surface area contributed by atoms with Crippen LogP contribution in [0.15, 0.2) is 78.6 Å². The van der Waals surface area contributed by atoms with Crippen LogP contribution in [0.2, 0.25) is 0 Å². The van der Waals surface area contributed by atoms with Crippen molar-refractivity contribution in [2.45, 2.75) is 19.5 Å². The Morgan fingerprint density at radius 1 is 1.03 bits per heavy atom. The molecule has 4 rings (SSSR count). The molecule has 1 N–H and O–H groups in total. The molecule has 1 atom stereocenters. The van der Waals surface area contributed by atoms with Crippen LogP contribution in [-0.4, -0.2) is 40.4 Å². The Morgan fingerprint density at radius 3 is 2.39 bits per heavy atom. The zero-order chi connectivity index (χ0) is 23.4. The van der Waals surface area contributed by atoms with Gasteiger partial charge in [-0.25, -0.2) is 0 Å². The number of methoxy groups -OCH3 is 1. The number of carbonyl (C=O) groups excluding carboxylic acids is 2. The molecule has 7 heteroatoms. The monoisotopic (exact) mass is 444 g/mol. The first-order valence-electron chi connectivity index (χ1n) is 10.6. The number of para-hydroxylation sites is 1. The average molecular weight is 444 g/mol. The summed E-state index contributed by atoms with van der Waals surface area (Å²) in [6, 6.07) is 16.8. The fourth-order valence-corrected chi connectivity index (χ4v) is 3.98. The first-order chi connectivity index (χ1) is 16.0. The van der Waals surface area contributed by atoms with Gasteiger partial charge in [0.15, 0.2) is 0 Å². The van der Waals surface area contributed by atoms with E-state index in [-0.39, 0.29) is 17.9 Å². The highest BCUT2D eigenvalue weighted by molar-refractivity contribution is 6.46. The molecule has 0 saturated carbocycles. The highest BCUT2D eigenvalue weighted by atomic mass is 16.5. The van der Waals surface area contributed by atoms with E-state index >= 15 is 0 Å². The van der Waals surface area contributed by atoms with Crippen molar-refractivity contribution in [2.24, 2.45) is 0 Å². The summed E-state index contributed by atoms with van der Waals surface area (Å²) >= 11 is 0. The first-order valence-corrected chi connectivity index (χ1v) is 10.6. The summed E-state index contributed by atoms with van der Waals surface area (Å²) in [5.41, 5.74) is 1.88. The fraction of sp³-hybridized carbons (Fsp3) is 0.192. The van der Waals surface area contributed by atoms with Crippen LogP contribution in [0.4, 0.5) is 0 Å². The van der Waals surface area contributed by atoms with E-state index < -0.39 is 17.7 Å². The van der Waals surface area contributed by atoms with Crippen LogP contribution in [0.25, 0.3) is 5.76 Å². The van der Waals surface area contributed by atoms with Crippen LogP contribution < -0.4 is 9.47 Å². The van der Waals surface area contributed by atoms with Gasteiger partial charge in [-0.3, -0.25) is 14.6 Å². The molecule has 168 valence electrons. The van der Waals surface area contributed by atoms with Gasteiger partial charge in [-0.05, 0) is 55.0 Å². The first kappa shape index (κ1) is 22.1. The molecule has 2 heterocycles. The number of amides is 1. The Kier molecular flexibility index (Phi) is 6.40. The van der Waals surface area contributed by atoms with Gasteiger partial charge in [0.1, 0.15) is 17.3 Å². The number of aliphatic hydroxyl groups excluding tert-OH is 1. The predicted molar refractivity (Wildman–Crippen MR) is 123 cm³/mol. The maximum absolute atomic E-state index is 13.1. The summed E-state index contributed by atoms with van der Waals surface area (Å²) in [6.45, 7) is 2.54. The number of aliphatic hydroxyl groups is 1. The van der Waals surface area contributed by atoms with Crippen LogP contribution in [0.5, 0.6) is 11.5 Å². The van der Waals surface area contributed by atoms with Gasteiger partial charge in [0.05, 0.1) is 31.9 Å². The number of ketones is 1. The van der Waals surface area contributed by atoms with Crippen molar-refractivity contribution < 1.29 is 24.2 Å². The Morgan fingerprint density at radius 2 is 1.73 bits per heavy atom. The third kappa shape index (κ3) is 4.30. The van der Waals surface area contributed by atoms with E-state index in [1.54, 1.807) is 62.0 Å². The molecule has 0 aliphatic carbocycles. The lowest BCUT2D eigenvalue weighted by Gasteiger charge is -2.26. The van der Waals surface area contributed by atoms with Crippen molar-refractivity contribution in [2.75, 3.05) is 13.7 Å². The summed E-state index contributed by atoms with van der Waals surface area (Å²) in [7, 11) is 1.55. The quantitative estimate of drug-likeness (QED) is 0.335. The second kappa shape index (κ2) is 9.56. The van der Waals surface area contributed by atoms with Gasteiger partial charge in [-0.2, -0.15) is 0 Å². The van der Waals surface area contributed by atoms with Crippen molar-refractivity contribution in [1.29, 1.82) is 0 Å². The zero-order valence-corrected chi connectivity index (χ0v) is 18.4. The van der Waals surface area contributed by atoms with Crippen LogP contribution in [0, 0.1) is 0 Å². The number of aromatic nitrogens is 1. The maximum atomic E-state index is 13.1. The van der Waals surface area contributed by atoms with Gasteiger partial charge < -0.3 is 19.5 Å². The summed E-state index contributed by atoms with van der Waals surface area (Å²) < 4.78 is 10.9. The number of likely N-dealkylation sites (tertiary alicyclic amines) is 1. The molecule has 7 nitrogen and oxygen atoms in total. The van der Waals surface area contributed by atoms with Crippen molar-refractivity contribution in [3.05, 3.63) is 95.3 Å². The number of hydrogen-bond donors (Lipinski definition) is 1. The Hall–Kier alpha value is -4.13. The van der Waals surface area contributed by atoms with E-state index in [0.717, 1.165) is 5.56 Å². The van der Waals surface area contributed by atoms with E-state index in [9.17, 15) is 14.7 Å². The third-order valence-electron chi connectivity index (χ3n) is 5.53. The summed E-state index contributed by atoms with van der Waals surface area (Å²) in [5, 5.41) is 11.1. The standard InChI is InChI=1S/C26H24N2O5/c1-3-33-20-10-8-18(9-11-20)24(29)22-23(17-12-14-27-15-13-17)28(26(31)25(22)30)16-19-6-4-5-7-21(19)32-2/h4-15,23,29H,3,16H2,1-2H3/b24-22+. The molecular formula is C26H24N2O5. The zero-order valence-electron chi connectivity index (χ0n) is 18.4. The lowest BCUT2D eigenvalue weighted by Crippen LogP contribution is -2.29. The van der Waals surface area contributed by atoms with Gasteiger partial charge in [-0.1, -0.05) is 18.2 Å². The smallest absolute Gasteiger partial charge is 0.295 e. The predicted octanol–water partition coefficient (Wildman–Crippen LogP) is 4.11. The lowest BCUT2D eigenvalue weighted by atomic mass is 9.95. The molecule has 33 heavy (non-hydrogen) atoms. The van der Waals surface area contributed by atoms with Gasteiger partial charge in [-0.15, -0.1) is 0 Å². The van der Waals surface area contributed by atoms with E-state index in [4.69, 9.17) is 9.47 Å². The summed E-state index contributed by atoms with van der Waals surface area (Å²) in [5.74, 6) is -0.398. The molecule has 0 radical (unpaired) electrons. The molecule has 1 unspecified atom stereocenters. The second-order valence-corrected chi connectivity index (χ2v) is 7.48. The van der Waals surface area contributed by atoms with Crippen molar-refractivity contribution in [1.82, 2.24) is 9.88 Å². The molecule has 3 aromatic rings. The van der Waals surface area contributed by atoms with Crippen molar-refractivity contribution >= 4 is 17.4 Å². The Bertz CT molecular complexity index is 1190. The molecule has 1 fully saturated rings. The SMILES string of the molecule is CCOc1ccc(/C(O)=C2\C(=O)C(=O)N(Cc3ccccc3OC)C2c2ccncc2)cc1. The number of benzene rings is 2. The van der Waals surface area contributed by atoms with E-state index in [2.05, 4.69) is 4.98 Å². The Labute approximate surface area is 191 Å². The van der Waals surface area contributed by atoms with E-state index in [1.807, 2.05) is 25.1 Å². The molecule has 1 saturated heterocycles. The van der Waals surface area contributed by atoms with Crippen LogP contribution in [0.1, 0.15) is 29.7 Å². The minimum Gasteiger partial charge on any atom is -0.507 e. The van der Waals surface area contributed by atoms with Crippen LogP contribution >= 0.6 is 0 Å². The lowest BCUT2D eigenvalue weighted by molar-refractivity contribution is -0.140. The average Bonchev–Trinajstić information content (AvgIpc) is 3.10. The summed E-state index contributed by atoms with van der Waals surface area (Å²) in [6.07, 6.45) is 3.19. The number of ether oxygens (including phenoxy) is 2. The van der Waals surface area contributed by atoms with Gasteiger partial charge in [0.25, 0.3) is 11.7 Å². The van der Waals surface area contributed by atoms with Crippen LogP contribution in [0.3, 0.4) is 0 Å². The van der Waals surface area contributed by atoms with Gasteiger partial charge in [0.2, 0.25) is 0 Å². The molecule has 1 amide bonds. The molecule has 1 aliphatic heterocycles. The maximum Gasteiger partial charge on any atom is 0.295 e. The minimum absolute atomic E-state index is 0.0326. The number of nitrogens with zero attached hydrogens (tertiary/aromatic N) is 2. The number of rotatable bonds is 7. The van der Waals surface area contributed by atoms with Crippen LogP contribution in [-0.2, 0) is 16.1 Å². The number of carbonyl (C=O) groups is 2. The molecular weight excluding hydrogens is 420 g/mol. The molecule has 0 bridgehead atoms. The fourth-order valence-electron chi connectivity index (χ4n) is 3.98. The normalized spacial score (nSPS) is 17.3. The second-order valence-electron chi connectivity index (χ2n) is 7.48. The molecule has 1 aromatic heterocycles. The van der Waals surface area contributed by atoms with Gasteiger partial charge >= 0.3 is 0 Å². The highest BCUT2D eigenvalue weighted by Crippen LogP contribution is 2.40. The largest absolute Gasteiger partial charge is 0.507 e. The van der Waals surface area contributed by atoms with Gasteiger partial charge in [0, 0.05) is 23.5 Å². The van der Waals surface area contributed by atoms with E-state index in [1.165, 1.54) is 4.90 Å². The number of pyridine rings is 1. The van der Waals surface area contributed by atoms with Crippen molar-refractivity contribution in [3.8, 4) is 11.5 Å². The molecule has 2 aromatic carbocycles. The number of hydrogen-bond acceptors (Lipinski definition) is 6. The minimum atomic E-state index is -0.774. The van der Waals surface area contributed by atoms with E-state index in [0.29, 0.717) is 29.2 Å². The summed E-state index contributed by atoms with van der Waals surface area (Å²) in [4.78, 5) is 31.8. The van der Waals surface area contributed by atoms with Crippen molar-refractivity contribution in [3.63, 3.8) is 0 Å². The molecule has 0 spiro atoms. The third-order valence-corrected chi connectivity index (χ3v) is 5.53. The number of Topliss-reactive ketones (excluding diaryl/α,β-unsaturated/α-hetero) is 1. The Balaban J connectivity index is 1.81. The highest BCUT2D eigenvalue weighted by Gasteiger charge is 2.46. The molecule has 1 aliphatic rings.